The van der Waals surface area contributed by atoms with Crippen molar-refractivity contribution in [1.29, 1.82) is 5.26 Å². The van der Waals surface area contributed by atoms with E-state index in [0.29, 0.717) is 11.5 Å². The number of rotatable bonds is 1. The summed E-state index contributed by atoms with van der Waals surface area (Å²) in [7, 11) is 0. The summed E-state index contributed by atoms with van der Waals surface area (Å²) in [6.45, 7) is 0. The molecule has 0 amide bonds. The maximum absolute atomic E-state index is 8.54. The maximum atomic E-state index is 8.54. The largest absolute Gasteiger partial charge is 0.396 e. The lowest BCUT2D eigenvalue weighted by Gasteiger charge is -2.02. The van der Waals surface area contributed by atoms with E-state index in [2.05, 4.69) is 15.1 Å². The van der Waals surface area contributed by atoms with Gasteiger partial charge in [0.2, 0.25) is 0 Å². The van der Waals surface area contributed by atoms with Gasteiger partial charge in [-0.25, -0.2) is 14.6 Å². The second-order valence-electron chi connectivity index (χ2n) is 2.77. The van der Waals surface area contributed by atoms with Gasteiger partial charge in [-0.1, -0.05) is 0 Å². The third-order valence-electron chi connectivity index (χ3n) is 1.77. The molecule has 0 radical (unpaired) electrons. The third kappa shape index (κ3) is 1.55. The Morgan fingerprint density at radius 3 is 2.73 bits per heavy atom. The molecule has 2 aromatic rings. The number of nitrogens with zero attached hydrogens (tertiary/aromatic N) is 5. The van der Waals surface area contributed by atoms with Crippen molar-refractivity contribution in [2.24, 2.45) is 0 Å². The van der Waals surface area contributed by atoms with Gasteiger partial charge in [-0.15, -0.1) is 5.10 Å². The van der Waals surface area contributed by atoms with Crippen LogP contribution in [0.5, 0.6) is 0 Å². The standard InChI is InChI=1S/C8H7N7/c9-3-6-12-4-15(14-6)7-2-1-5(10)8(11)13-7/h1-2,4H,10H2,(H2,11,13). The van der Waals surface area contributed by atoms with Crippen molar-refractivity contribution < 1.29 is 0 Å². The fourth-order valence-corrected chi connectivity index (χ4v) is 1.03. The van der Waals surface area contributed by atoms with Gasteiger partial charge in [0, 0.05) is 0 Å². The Labute approximate surface area is 85.0 Å². The molecular weight excluding hydrogens is 194 g/mol. The first-order chi connectivity index (χ1) is 7.20. The molecule has 7 nitrogen and oxygen atoms in total. The molecule has 0 aliphatic rings. The molecule has 0 saturated heterocycles. The van der Waals surface area contributed by atoms with Gasteiger partial charge in [0.1, 0.15) is 18.2 Å². The Balaban J connectivity index is 2.46. The van der Waals surface area contributed by atoms with E-state index in [4.69, 9.17) is 16.7 Å². The van der Waals surface area contributed by atoms with Crippen molar-refractivity contribution in [3.63, 3.8) is 0 Å². The number of aromatic nitrogens is 4. The molecule has 0 aromatic carbocycles. The van der Waals surface area contributed by atoms with E-state index in [-0.39, 0.29) is 11.6 Å². The molecular formula is C8H7N7. The highest BCUT2D eigenvalue weighted by Gasteiger charge is 2.04. The molecule has 0 unspecified atom stereocenters. The molecule has 7 heteroatoms. The van der Waals surface area contributed by atoms with Crippen LogP contribution in [0.3, 0.4) is 0 Å². The van der Waals surface area contributed by atoms with E-state index < -0.39 is 0 Å². The number of hydrogen-bond donors (Lipinski definition) is 2. The quantitative estimate of drug-likeness (QED) is 0.653. The minimum atomic E-state index is 0.0761. The zero-order valence-corrected chi connectivity index (χ0v) is 7.62. The number of nitriles is 1. The topological polar surface area (TPSA) is 119 Å². The fraction of sp³-hybridized carbons (Fsp3) is 0. The zero-order valence-electron chi connectivity index (χ0n) is 7.62. The Morgan fingerprint density at radius 2 is 2.13 bits per heavy atom. The lowest BCUT2D eigenvalue weighted by atomic mass is 10.4. The molecule has 0 spiro atoms. The van der Waals surface area contributed by atoms with Gasteiger partial charge >= 0.3 is 0 Å². The molecule has 2 heterocycles. The molecule has 0 saturated carbocycles. The van der Waals surface area contributed by atoms with Crippen LogP contribution in [0.25, 0.3) is 5.82 Å². The van der Waals surface area contributed by atoms with Crippen molar-refractivity contribution in [1.82, 2.24) is 19.7 Å². The van der Waals surface area contributed by atoms with E-state index in [9.17, 15) is 0 Å². The summed E-state index contributed by atoms with van der Waals surface area (Å²) in [5.41, 5.74) is 11.4. The molecule has 4 N–H and O–H groups in total. The molecule has 15 heavy (non-hydrogen) atoms. The minimum absolute atomic E-state index is 0.0761. The van der Waals surface area contributed by atoms with E-state index in [0.717, 1.165) is 0 Å². The van der Waals surface area contributed by atoms with Crippen LogP contribution in [0.4, 0.5) is 11.5 Å². The van der Waals surface area contributed by atoms with Crippen molar-refractivity contribution in [2.75, 3.05) is 11.5 Å². The average molecular weight is 201 g/mol. The molecule has 0 aliphatic carbocycles. The van der Waals surface area contributed by atoms with Gasteiger partial charge in [-0.05, 0) is 12.1 Å². The summed E-state index contributed by atoms with van der Waals surface area (Å²) < 4.78 is 1.36. The van der Waals surface area contributed by atoms with Crippen LogP contribution in [-0.2, 0) is 0 Å². The van der Waals surface area contributed by atoms with Crippen molar-refractivity contribution >= 4 is 11.5 Å². The maximum Gasteiger partial charge on any atom is 0.252 e. The summed E-state index contributed by atoms with van der Waals surface area (Å²) in [5.74, 6) is 0.768. The minimum Gasteiger partial charge on any atom is -0.396 e. The summed E-state index contributed by atoms with van der Waals surface area (Å²) in [6.07, 6.45) is 1.39. The van der Waals surface area contributed by atoms with Gasteiger partial charge in [0.05, 0.1) is 5.69 Å². The zero-order chi connectivity index (χ0) is 10.8. The van der Waals surface area contributed by atoms with Crippen LogP contribution in [0.15, 0.2) is 18.5 Å². The average Bonchev–Trinajstić information content (AvgIpc) is 2.70. The number of pyridine rings is 1. The van der Waals surface area contributed by atoms with E-state index in [1.165, 1.54) is 11.0 Å². The highest BCUT2D eigenvalue weighted by molar-refractivity contribution is 5.59. The van der Waals surface area contributed by atoms with Crippen molar-refractivity contribution in [3.05, 3.63) is 24.3 Å². The lowest BCUT2D eigenvalue weighted by Crippen LogP contribution is -2.03. The number of anilines is 2. The highest BCUT2D eigenvalue weighted by Crippen LogP contribution is 2.13. The number of nitrogen functional groups attached to an aromatic ring is 2. The first-order valence-corrected chi connectivity index (χ1v) is 4.05. The second-order valence-corrected chi connectivity index (χ2v) is 2.77. The van der Waals surface area contributed by atoms with Crippen LogP contribution in [-0.4, -0.2) is 19.7 Å². The first kappa shape index (κ1) is 8.96. The van der Waals surface area contributed by atoms with E-state index >= 15 is 0 Å². The molecule has 0 bridgehead atoms. The monoisotopic (exact) mass is 201 g/mol. The smallest absolute Gasteiger partial charge is 0.252 e. The number of hydrogen-bond acceptors (Lipinski definition) is 6. The predicted octanol–water partition coefficient (Wildman–Crippen LogP) is -0.302. The number of nitrogens with two attached hydrogens (primary N) is 2. The van der Waals surface area contributed by atoms with E-state index in [1.54, 1.807) is 12.1 Å². The fourth-order valence-electron chi connectivity index (χ4n) is 1.03. The van der Waals surface area contributed by atoms with Gasteiger partial charge in [0.25, 0.3) is 5.82 Å². The molecule has 74 valence electrons. The van der Waals surface area contributed by atoms with Crippen LogP contribution in [0, 0.1) is 11.3 Å². The van der Waals surface area contributed by atoms with Gasteiger partial charge < -0.3 is 11.5 Å². The third-order valence-corrected chi connectivity index (χ3v) is 1.77. The predicted molar refractivity (Wildman–Crippen MR) is 52.7 cm³/mol. The Morgan fingerprint density at radius 1 is 1.33 bits per heavy atom. The summed E-state index contributed by atoms with van der Waals surface area (Å²) in [4.78, 5) is 7.74. The summed E-state index contributed by atoms with van der Waals surface area (Å²) in [6, 6.07) is 5.07. The van der Waals surface area contributed by atoms with Gasteiger partial charge in [0.15, 0.2) is 5.82 Å². The molecule has 2 aromatic heterocycles. The van der Waals surface area contributed by atoms with Crippen LogP contribution >= 0.6 is 0 Å². The molecule has 0 atom stereocenters. The summed E-state index contributed by atoms with van der Waals surface area (Å²) >= 11 is 0. The SMILES string of the molecule is N#Cc1ncn(-c2ccc(N)c(N)n2)n1. The van der Waals surface area contributed by atoms with Gasteiger partial charge in [-0.2, -0.15) is 5.26 Å². The lowest BCUT2D eigenvalue weighted by molar-refractivity contribution is 0.842. The van der Waals surface area contributed by atoms with Crippen molar-refractivity contribution in [2.45, 2.75) is 0 Å². The van der Waals surface area contributed by atoms with Crippen LogP contribution in [0.1, 0.15) is 5.82 Å². The summed E-state index contributed by atoms with van der Waals surface area (Å²) in [5, 5.41) is 12.4. The van der Waals surface area contributed by atoms with Gasteiger partial charge in [-0.3, -0.25) is 0 Å². The Kier molecular flexibility index (Phi) is 1.95. The Bertz CT molecular complexity index is 536. The second kappa shape index (κ2) is 3.26. The van der Waals surface area contributed by atoms with Crippen molar-refractivity contribution in [3.8, 4) is 11.9 Å². The molecule has 2 rings (SSSR count). The first-order valence-electron chi connectivity index (χ1n) is 4.05. The Hall–Kier alpha value is -2.62. The highest BCUT2D eigenvalue weighted by atomic mass is 15.4. The normalized spacial score (nSPS) is 9.80. The molecule has 0 aliphatic heterocycles. The van der Waals surface area contributed by atoms with Crippen LogP contribution < -0.4 is 11.5 Å². The van der Waals surface area contributed by atoms with Crippen LogP contribution in [0.2, 0.25) is 0 Å². The van der Waals surface area contributed by atoms with E-state index in [1.807, 2.05) is 6.07 Å². The molecule has 0 fully saturated rings.